The Labute approximate surface area is 458 Å². The van der Waals surface area contributed by atoms with Crippen molar-refractivity contribution in [1.29, 1.82) is 0 Å². The highest BCUT2D eigenvalue weighted by Crippen LogP contribution is 2.10. The first-order valence-corrected chi connectivity index (χ1v) is 26.3. The quantitative estimate of drug-likeness (QED) is 0.0221. The van der Waals surface area contributed by atoms with Crippen LogP contribution in [-0.2, 0) is 64.0 Å². The molecule has 9 atom stereocenters. The molecule has 0 saturated heterocycles. The zero-order valence-corrected chi connectivity index (χ0v) is 46.1. The number of aliphatic carboxylic acids is 1. The molecule has 432 valence electrons. The molecule has 1 rings (SSSR count). The number of carboxylic acids is 1. The van der Waals surface area contributed by atoms with E-state index in [1.165, 1.54) is 13.8 Å². The van der Waals surface area contributed by atoms with E-state index in [2.05, 4.69) is 83.7 Å². The second kappa shape index (κ2) is 36.5. The highest BCUT2D eigenvalue weighted by atomic mass is 32.1. The van der Waals surface area contributed by atoms with Crippen LogP contribution in [0.1, 0.15) is 79.2 Å². The number of nitrogens with one attached hydrogen (secondary N) is 11. The van der Waals surface area contributed by atoms with Gasteiger partial charge in [-0.15, -0.1) is 0 Å². The molecule has 27 nitrogen and oxygen atoms in total. The van der Waals surface area contributed by atoms with Gasteiger partial charge in [0.2, 0.25) is 65.0 Å². The van der Waals surface area contributed by atoms with Crippen molar-refractivity contribution in [2.75, 3.05) is 44.3 Å². The summed E-state index contributed by atoms with van der Waals surface area (Å²) in [6.07, 6.45) is 1.34. The Morgan fingerprint density at radius 3 is 1.42 bits per heavy atom. The van der Waals surface area contributed by atoms with Gasteiger partial charge in [0.05, 0.1) is 32.3 Å². The summed E-state index contributed by atoms with van der Waals surface area (Å²) in [5, 5.41) is 46.0. The van der Waals surface area contributed by atoms with Gasteiger partial charge in [-0.05, 0) is 69.9 Å². The monoisotopic (exact) mass is 1130 g/mol. The van der Waals surface area contributed by atoms with Crippen molar-refractivity contribution in [3.05, 3.63) is 35.9 Å². The molecular formula is C48H79N13O14S2. The molecule has 0 aliphatic carbocycles. The lowest BCUT2D eigenvalue weighted by Crippen LogP contribution is -2.60. The summed E-state index contributed by atoms with van der Waals surface area (Å²) in [5.41, 5.74) is 11.7. The van der Waals surface area contributed by atoms with Gasteiger partial charge < -0.3 is 80.2 Å². The van der Waals surface area contributed by atoms with Crippen LogP contribution in [0.3, 0.4) is 0 Å². The second-order valence-corrected chi connectivity index (χ2v) is 19.6. The third kappa shape index (κ3) is 27.4. The van der Waals surface area contributed by atoms with Crippen LogP contribution in [0.5, 0.6) is 0 Å². The van der Waals surface area contributed by atoms with E-state index in [0.29, 0.717) is 24.9 Å². The number of hydrogen-bond donors (Lipinski definition) is 17. The average Bonchev–Trinajstić information content (AvgIpc) is 3.37. The number of aliphatic hydroxyl groups is 1. The molecule has 1 aromatic carbocycles. The minimum Gasteiger partial charge on any atom is -0.480 e. The van der Waals surface area contributed by atoms with Gasteiger partial charge in [0.15, 0.2) is 0 Å². The minimum absolute atomic E-state index is 0.0207. The molecule has 0 bridgehead atoms. The van der Waals surface area contributed by atoms with Crippen LogP contribution >= 0.6 is 25.3 Å². The third-order valence-electron chi connectivity index (χ3n) is 11.1. The summed E-state index contributed by atoms with van der Waals surface area (Å²) in [4.78, 5) is 155. The van der Waals surface area contributed by atoms with E-state index in [1.807, 2.05) is 13.8 Å². The molecule has 77 heavy (non-hydrogen) atoms. The van der Waals surface area contributed by atoms with Gasteiger partial charge in [0.25, 0.3) is 0 Å². The van der Waals surface area contributed by atoms with E-state index < -0.39 is 152 Å². The van der Waals surface area contributed by atoms with Crippen LogP contribution in [-0.4, -0.2) is 180 Å². The van der Waals surface area contributed by atoms with Crippen LogP contribution in [0.15, 0.2) is 30.3 Å². The number of carbonyl (C=O) groups is 12. The standard InChI is InChI=1S/C48H79N13O14S2/c1-25(2)16-31(56-40(66)27(5)50)45(71)60-35(23-76)43(69)53-21-38(64)54-28(6)41(67)59-34(22-62)46(72)61-36(24-77)47(73)57-32(17-26(3)4)44(70)58-33(18-29-12-8-7-9-13-29)42(68)52-19-37(63)51-20-39(65)55-30(48(74)75)14-10-11-15-49/h7-9,12-13,25-28,30-36,62,76-77H,10-11,14-24,49-50H2,1-6H3,(H,51,63)(H,52,68)(H,53,69)(H,54,64)(H,55,65)(H,56,66)(H,57,73)(H,58,70)(H,59,67)(H,60,71)(H,61,72)(H,74,75)/t27-,28-,30-,31-,32-,33-,34-,35-,36-/m0/s1. The lowest BCUT2D eigenvalue weighted by atomic mass is 10.0. The van der Waals surface area contributed by atoms with Gasteiger partial charge in [0, 0.05) is 17.9 Å². The summed E-state index contributed by atoms with van der Waals surface area (Å²) in [7, 11) is 0. The average molecular weight is 1130 g/mol. The van der Waals surface area contributed by atoms with E-state index in [0.717, 1.165) is 0 Å². The molecule has 0 unspecified atom stereocenters. The molecule has 0 aliphatic heterocycles. The number of aliphatic hydroxyl groups excluding tert-OH is 1. The molecule has 11 amide bonds. The van der Waals surface area contributed by atoms with Gasteiger partial charge in [-0.25, -0.2) is 4.79 Å². The van der Waals surface area contributed by atoms with Crippen molar-refractivity contribution in [2.45, 2.75) is 134 Å². The van der Waals surface area contributed by atoms with Gasteiger partial charge in [0.1, 0.15) is 48.3 Å². The number of amides is 11. The Balaban J connectivity index is 2.97. The van der Waals surface area contributed by atoms with Crippen molar-refractivity contribution in [3.63, 3.8) is 0 Å². The number of unbranched alkanes of at least 4 members (excludes halogenated alkanes) is 1. The summed E-state index contributed by atoms with van der Waals surface area (Å²) >= 11 is 8.30. The summed E-state index contributed by atoms with van der Waals surface area (Å²) < 4.78 is 0. The third-order valence-corrected chi connectivity index (χ3v) is 11.8. The van der Waals surface area contributed by atoms with Crippen LogP contribution in [0.25, 0.3) is 0 Å². The highest BCUT2D eigenvalue weighted by molar-refractivity contribution is 7.80. The van der Waals surface area contributed by atoms with Crippen molar-refractivity contribution in [3.8, 4) is 0 Å². The number of hydrogen-bond acceptors (Lipinski definition) is 17. The zero-order valence-electron chi connectivity index (χ0n) is 44.3. The molecule has 29 heteroatoms. The molecule has 0 fully saturated rings. The maximum Gasteiger partial charge on any atom is 0.326 e. The molecule has 0 saturated carbocycles. The molecule has 1 aromatic rings. The molecule has 0 aromatic heterocycles. The Bertz CT molecular complexity index is 2160. The maximum atomic E-state index is 13.9. The number of benzene rings is 1. The van der Waals surface area contributed by atoms with Crippen molar-refractivity contribution in [2.24, 2.45) is 23.3 Å². The van der Waals surface area contributed by atoms with E-state index in [9.17, 15) is 67.7 Å². The number of nitrogens with two attached hydrogens (primary N) is 2. The lowest BCUT2D eigenvalue weighted by molar-refractivity contribution is -0.142. The van der Waals surface area contributed by atoms with Gasteiger partial charge >= 0.3 is 5.97 Å². The first-order valence-electron chi connectivity index (χ1n) is 25.0. The highest BCUT2D eigenvalue weighted by Gasteiger charge is 2.33. The van der Waals surface area contributed by atoms with Crippen molar-refractivity contribution < 1.29 is 67.7 Å². The Morgan fingerprint density at radius 2 is 0.922 bits per heavy atom. The van der Waals surface area contributed by atoms with Crippen LogP contribution in [0, 0.1) is 11.8 Å². The molecule has 0 heterocycles. The first-order chi connectivity index (χ1) is 36.3. The number of carbonyl (C=O) groups excluding carboxylic acids is 11. The maximum absolute atomic E-state index is 13.9. The fraction of sp³-hybridized carbons (Fsp3) is 0.625. The fourth-order valence-corrected chi connectivity index (χ4v) is 7.43. The summed E-state index contributed by atoms with van der Waals surface area (Å²) in [6.45, 7) is 7.36. The van der Waals surface area contributed by atoms with Crippen LogP contribution in [0.4, 0.5) is 0 Å². The van der Waals surface area contributed by atoms with Crippen molar-refractivity contribution >= 4 is 96.2 Å². The normalized spacial score (nSPS) is 14.5. The predicted octanol–water partition coefficient (Wildman–Crippen LogP) is -5.02. The number of thiol groups is 2. The number of rotatable bonds is 36. The van der Waals surface area contributed by atoms with E-state index in [4.69, 9.17) is 11.5 Å². The Morgan fingerprint density at radius 1 is 0.494 bits per heavy atom. The van der Waals surface area contributed by atoms with Gasteiger partial charge in [-0.2, -0.15) is 25.3 Å². The van der Waals surface area contributed by atoms with Gasteiger partial charge in [-0.1, -0.05) is 58.0 Å². The molecule has 0 radical (unpaired) electrons. The minimum atomic E-state index is -1.67. The predicted molar refractivity (Wildman–Crippen MR) is 288 cm³/mol. The second-order valence-electron chi connectivity index (χ2n) is 18.9. The SMILES string of the molecule is CC(C)C[C@H](NC(=O)[C@H](C)N)C(=O)N[C@@H](CS)C(=O)NCC(=O)N[C@@H](C)C(=O)N[C@@H](CO)C(=O)N[C@@H](CS)C(=O)N[C@@H](CC(C)C)C(=O)N[C@@H](Cc1ccccc1)C(=O)NCC(=O)NCC(=O)N[C@@H](CCCCN)C(=O)O. The van der Waals surface area contributed by atoms with Gasteiger partial charge in [-0.3, -0.25) is 52.7 Å². The molecular weight excluding hydrogens is 1050 g/mol. The molecule has 17 N–H and O–H groups in total. The summed E-state index contributed by atoms with van der Waals surface area (Å²) in [5.74, 6) is -11.0. The van der Waals surface area contributed by atoms with E-state index in [1.54, 1.807) is 44.2 Å². The summed E-state index contributed by atoms with van der Waals surface area (Å²) in [6, 6.07) is -2.87. The first kappa shape index (κ1) is 68.5. The zero-order chi connectivity index (χ0) is 58.4. The molecule has 0 aliphatic rings. The fourth-order valence-electron chi connectivity index (χ4n) is 6.91. The van der Waals surface area contributed by atoms with Crippen LogP contribution < -0.4 is 70.0 Å². The Hall–Kier alpha value is -6.56. The van der Waals surface area contributed by atoms with E-state index in [-0.39, 0.29) is 49.0 Å². The van der Waals surface area contributed by atoms with Crippen molar-refractivity contribution in [1.82, 2.24) is 58.5 Å². The van der Waals surface area contributed by atoms with E-state index >= 15 is 0 Å². The number of carboxylic acid groups (broad SMARTS) is 1. The molecule has 0 spiro atoms. The Kier molecular flexibility index (Phi) is 32.4. The van der Waals surface area contributed by atoms with Crippen LogP contribution in [0.2, 0.25) is 0 Å². The smallest absolute Gasteiger partial charge is 0.326 e. The lowest BCUT2D eigenvalue weighted by Gasteiger charge is -2.27. The largest absolute Gasteiger partial charge is 0.480 e. The topological polar surface area (TPSA) is 430 Å².